The van der Waals surface area contributed by atoms with Gasteiger partial charge in [0, 0.05) is 17.7 Å². The van der Waals surface area contributed by atoms with E-state index in [1.807, 2.05) is 0 Å². The molecule has 2 amide bonds. The number of carbonyl (C=O) groups excluding carboxylic acids is 2. The molecule has 3 aliphatic heterocycles. The van der Waals surface area contributed by atoms with Crippen LogP contribution in [-0.4, -0.2) is 40.2 Å². The molecule has 0 radical (unpaired) electrons. The van der Waals surface area contributed by atoms with E-state index in [4.69, 9.17) is 4.74 Å². The average Bonchev–Trinajstić information content (AvgIpc) is 3.21. The number of rotatable bonds is 3. The minimum absolute atomic E-state index is 0.0828. The van der Waals surface area contributed by atoms with Gasteiger partial charge in [-0.3, -0.25) is 19.7 Å². The first-order valence-electron chi connectivity index (χ1n) is 7.06. The van der Waals surface area contributed by atoms with Gasteiger partial charge in [0.1, 0.15) is 0 Å². The fraction of sp³-hybridized carbons (Fsp3) is 0.267. The van der Waals surface area contributed by atoms with Crippen molar-refractivity contribution in [3.8, 4) is 0 Å². The van der Waals surface area contributed by atoms with Gasteiger partial charge in [0.25, 0.3) is 17.5 Å². The summed E-state index contributed by atoms with van der Waals surface area (Å²) in [5.74, 6) is -1.81. The summed E-state index contributed by atoms with van der Waals surface area (Å²) in [6.07, 6.45) is 4.15. The van der Waals surface area contributed by atoms with Crippen LogP contribution in [0.15, 0.2) is 41.5 Å². The highest BCUT2D eigenvalue weighted by Gasteiger charge is 2.61. The first-order chi connectivity index (χ1) is 11.1. The van der Waals surface area contributed by atoms with Gasteiger partial charge < -0.3 is 4.74 Å². The third-order valence-corrected chi connectivity index (χ3v) is 4.29. The van der Waals surface area contributed by atoms with Crippen molar-refractivity contribution in [1.29, 1.82) is 0 Å². The van der Waals surface area contributed by atoms with Crippen molar-refractivity contribution >= 4 is 23.7 Å². The van der Waals surface area contributed by atoms with Crippen molar-refractivity contribution in [3.05, 3.63) is 52.1 Å². The van der Waals surface area contributed by atoms with Gasteiger partial charge in [-0.2, -0.15) is 10.1 Å². The number of ether oxygens (including phenoxy) is 1. The van der Waals surface area contributed by atoms with Gasteiger partial charge >= 0.3 is 0 Å². The lowest BCUT2D eigenvalue weighted by molar-refractivity contribution is -0.384. The quantitative estimate of drug-likeness (QED) is 0.271. The Morgan fingerprint density at radius 1 is 1.17 bits per heavy atom. The number of nitrogens with zero attached hydrogens (tertiary/aromatic N) is 3. The van der Waals surface area contributed by atoms with E-state index in [0.29, 0.717) is 5.56 Å². The summed E-state index contributed by atoms with van der Waals surface area (Å²) in [5, 5.41) is 15.5. The number of nitro groups is 1. The molecule has 116 valence electrons. The van der Waals surface area contributed by atoms with Gasteiger partial charge in [0.05, 0.1) is 35.2 Å². The number of benzene rings is 1. The SMILES string of the molecule is O=C1[C@@H]2[C@H](C(=O)N1/N=C\c1cccc([N+](=O)[O-])c1)[C@H]1C=C[C@H]2O1. The minimum Gasteiger partial charge on any atom is -0.365 e. The molecule has 8 nitrogen and oxygen atoms in total. The fourth-order valence-electron chi connectivity index (χ4n) is 3.24. The van der Waals surface area contributed by atoms with Crippen LogP contribution in [0.4, 0.5) is 5.69 Å². The summed E-state index contributed by atoms with van der Waals surface area (Å²) >= 11 is 0. The number of non-ortho nitro benzene ring substituents is 1. The zero-order valence-corrected chi connectivity index (χ0v) is 11.7. The summed E-state index contributed by atoms with van der Waals surface area (Å²) in [6.45, 7) is 0. The average molecular weight is 313 g/mol. The Morgan fingerprint density at radius 2 is 1.83 bits per heavy atom. The lowest BCUT2D eigenvalue weighted by atomic mass is 9.85. The molecule has 0 unspecified atom stereocenters. The Hall–Kier alpha value is -2.87. The van der Waals surface area contributed by atoms with Crippen LogP contribution in [0.25, 0.3) is 0 Å². The van der Waals surface area contributed by atoms with Gasteiger partial charge in [0.15, 0.2) is 0 Å². The van der Waals surface area contributed by atoms with Crippen LogP contribution in [0.2, 0.25) is 0 Å². The number of nitro benzene ring substituents is 1. The second-order valence-electron chi connectivity index (χ2n) is 5.59. The normalized spacial score (nSPS) is 31.4. The van der Waals surface area contributed by atoms with E-state index < -0.39 is 28.6 Å². The Kier molecular flexibility index (Phi) is 2.88. The summed E-state index contributed by atoms with van der Waals surface area (Å²) in [5.41, 5.74) is 0.356. The number of carbonyl (C=O) groups is 2. The number of imide groups is 1. The van der Waals surface area contributed by atoms with Crippen molar-refractivity contribution in [2.24, 2.45) is 16.9 Å². The minimum atomic E-state index is -0.519. The second kappa shape index (κ2) is 4.82. The topological polar surface area (TPSA) is 102 Å². The van der Waals surface area contributed by atoms with E-state index in [9.17, 15) is 19.7 Å². The molecule has 4 rings (SSSR count). The molecule has 0 spiro atoms. The standard InChI is InChI=1S/C15H11N3O5/c19-14-12-10-4-5-11(23-10)13(12)15(20)17(14)16-7-8-2-1-3-9(6-8)18(21)22/h1-7,10-13H/b16-7-/t10-,11-,12-,13+/m1/s1. The Bertz CT molecular complexity index is 757. The van der Waals surface area contributed by atoms with Crippen LogP contribution in [0.3, 0.4) is 0 Å². The van der Waals surface area contributed by atoms with Crippen molar-refractivity contribution < 1.29 is 19.2 Å². The molecular weight excluding hydrogens is 302 g/mol. The molecule has 2 fully saturated rings. The van der Waals surface area contributed by atoms with Crippen LogP contribution >= 0.6 is 0 Å². The summed E-state index contributed by atoms with van der Waals surface area (Å²) in [6, 6.07) is 5.80. The van der Waals surface area contributed by atoms with E-state index in [2.05, 4.69) is 5.10 Å². The first kappa shape index (κ1) is 13.8. The summed E-state index contributed by atoms with van der Waals surface area (Å²) in [7, 11) is 0. The van der Waals surface area contributed by atoms with Crippen molar-refractivity contribution in [1.82, 2.24) is 5.01 Å². The highest BCUT2D eigenvalue weighted by molar-refractivity contribution is 6.07. The van der Waals surface area contributed by atoms with E-state index in [1.54, 1.807) is 18.2 Å². The monoisotopic (exact) mass is 313 g/mol. The number of hydrogen-bond donors (Lipinski definition) is 0. The van der Waals surface area contributed by atoms with Gasteiger partial charge in [0.2, 0.25) is 0 Å². The molecule has 0 saturated carbocycles. The van der Waals surface area contributed by atoms with Gasteiger partial charge in [-0.15, -0.1) is 0 Å². The molecule has 23 heavy (non-hydrogen) atoms. The molecule has 3 aliphatic rings. The predicted octanol–water partition coefficient (Wildman–Crippen LogP) is 0.867. The first-order valence-corrected chi connectivity index (χ1v) is 7.06. The smallest absolute Gasteiger partial charge is 0.270 e. The van der Waals surface area contributed by atoms with E-state index in [-0.39, 0.29) is 17.9 Å². The van der Waals surface area contributed by atoms with Gasteiger partial charge in [-0.1, -0.05) is 24.3 Å². The third-order valence-electron chi connectivity index (χ3n) is 4.29. The highest BCUT2D eigenvalue weighted by atomic mass is 16.6. The summed E-state index contributed by atoms with van der Waals surface area (Å²) in [4.78, 5) is 34.9. The molecule has 1 aromatic carbocycles. The maximum atomic E-state index is 12.4. The Labute approximate surface area is 130 Å². The van der Waals surface area contributed by atoms with Crippen LogP contribution in [0.5, 0.6) is 0 Å². The highest BCUT2D eigenvalue weighted by Crippen LogP contribution is 2.45. The molecule has 4 atom stereocenters. The maximum absolute atomic E-state index is 12.4. The maximum Gasteiger partial charge on any atom is 0.270 e. The number of hydrogen-bond acceptors (Lipinski definition) is 6. The molecule has 2 saturated heterocycles. The number of hydrazone groups is 1. The lowest BCUT2D eigenvalue weighted by Gasteiger charge is -2.11. The van der Waals surface area contributed by atoms with Crippen molar-refractivity contribution in [3.63, 3.8) is 0 Å². The molecule has 0 N–H and O–H groups in total. The number of fused-ring (bicyclic) bond motifs is 5. The third kappa shape index (κ3) is 1.99. The molecular formula is C15H11N3O5. The fourth-order valence-corrected chi connectivity index (χ4v) is 3.24. The van der Waals surface area contributed by atoms with Gasteiger partial charge in [-0.25, -0.2) is 0 Å². The largest absolute Gasteiger partial charge is 0.365 e. The molecule has 3 heterocycles. The van der Waals surface area contributed by atoms with E-state index in [0.717, 1.165) is 5.01 Å². The zero-order valence-electron chi connectivity index (χ0n) is 11.7. The van der Waals surface area contributed by atoms with Crippen LogP contribution in [-0.2, 0) is 14.3 Å². The second-order valence-corrected chi connectivity index (χ2v) is 5.59. The van der Waals surface area contributed by atoms with Crippen molar-refractivity contribution in [2.75, 3.05) is 0 Å². The van der Waals surface area contributed by atoms with Gasteiger partial charge in [-0.05, 0) is 0 Å². The molecule has 0 aromatic heterocycles. The lowest BCUT2D eigenvalue weighted by Crippen LogP contribution is -2.30. The zero-order chi connectivity index (χ0) is 16.1. The number of amides is 2. The van der Waals surface area contributed by atoms with Crippen molar-refractivity contribution in [2.45, 2.75) is 12.2 Å². The van der Waals surface area contributed by atoms with Crippen LogP contribution in [0, 0.1) is 22.0 Å². The van der Waals surface area contributed by atoms with Crippen LogP contribution in [0.1, 0.15) is 5.56 Å². The van der Waals surface area contributed by atoms with E-state index >= 15 is 0 Å². The molecule has 2 bridgehead atoms. The Morgan fingerprint density at radius 3 is 2.43 bits per heavy atom. The Balaban J connectivity index is 1.58. The van der Waals surface area contributed by atoms with Crippen LogP contribution < -0.4 is 0 Å². The van der Waals surface area contributed by atoms with E-state index in [1.165, 1.54) is 24.4 Å². The molecule has 0 aliphatic carbocycles. The summed E-state index contributed by atoms with van der Waals surface area (Å²) < 4.78 is 5.53. The molecule has 8 heteroatoms. The molecule has 1 aromatic rings. The predicted molar refractivity (Wildman–Crippen MR) is 77.3 cm³/mol.